The Balaban J connectivity index is 0.000000190. The smallest absolute Gasteiger partial charge is 0.0520 e. The van der Waals surface area contributed by atoms with Crippen LogP contribution in [0.1, 0.15) is 43.2 Å². The van der Waals surface area contributed by atoms with E-state index in [1.54, 1.807) is 27.4 Å². The van der Waals surface area contributed by atoms with Gasteiger partial charge in [0.05, 0.1) is 0 Å². The monoisotopic (exact) mass is 664 g/mol. The van der Waals surface area contributed by atoms with Crippen LogP contribution in [0.4, 0.5) is 0 Å². The molecule has 1 aliphatic carbocycles. The average Bonchev–Trinajstić information content (AvgIpc) is 3.74. The first-order valence-electron chi connectivity index (χ1n) is 14.0. The van der Waals surface area contributed by atoms with Crippen LogP contribution in [0.2, 0.25) is 0 Å². The predicted molar refractivity (Wildman–Crippen MR) is 185 cm³/mol. The maximum atomic E-state index is 2.99. The van der Waals surface area contributed by atoms with E-state index >= 15 is 0 Å². The molecule has 2 atom stereocenters. The zero-order chi connectivity index (χ0) is 27.7. The van der Waals surface area contributed by atoms with Crippen LogP contribution < -0.4 is 0 Å². The number of allylic oxidation sites excluding steroid dienone is 4. The minimum Gasteiger partial charge on any atom is -0.273 e. The van der Waals surface area contributed by atoms with Gasteiger partial charge in [0, 0.05) is 0 Å². The Kier molecular flexibility index (Phi) is 13.3. The molecule has 0 aliphatic heterocycles. The van der Waals surface area contributed by atoms with Gasteiger partial charge in [0.15, 0.2) is 0 Å². The topological polar surface area (TPSA) is 0 Å². The van der Waals surface area contributed by atoms with Crippen molar-refractivity contribution in [1.82, 2.24) is 0 Å². The fourth-order valence-electron chi connectivity index (χ4n) is 5.27. The van der Waals surface area contributed by atoms with E-state index in [4.69, 9.17) is 0 Å². The van der Waals surface area contributed by atoms with Gasteiger partial charge in [-0.05, 0) is 0 Å². The van der Waals surface area contributed by atoms with Crippen LogP contribution in [-0.4, -0.2) is 3.21 Å². The first-order valence-corrected chi connectivity index (χ1v) is 15.2. The van der Waals surface area contributed by atoms with Crippen molar-refractivity contribution < 1.29 is 24.2 Å². The summed E-state index contributed by atoms with van der Waals surface area (Å²) in [6.07, 6.45) is 10.0. The second-order valence-electron chi connectivity index (χ2n) is 10.2. The molecule has 7 rings (SSSR count). The van der Waals surface area contributed by atoms with Crippen molar-refractivity contribution >= 4 is 60.3 Å². The third-order valence-corrected chi connectivity index (χ3v) is 9.77. The first-order chi connectivity index (χ1) is 19.6. The van der Waals surface area contributed by atoms with Crippen molar-refractivity contribution in [2.75, 3.05) is 0 Å². The molecule has 2 unspecified atom stereocenters. The summed E-state index contributed by atoms with van der Waals surface area (Å²) in [6.45, 7) is 4.64. The molecular weight excluding hydrogens is 631 g/mol. The minimum atomic E-state index is 0. The second kappa shape index (κ2) is 16.6. The molecule has 0 spiro atoms. The van der Waals surface area contributed by atoms with E-state index in [1.807, 2.05) is 12.2 Å². The summed E-state index contributed by atoms with van der Waals surface area (Å²) in [4.78, 5) is 0. The number of fused-ring (bicyclic) bond motifs is 5. The first kappa shape index (κ1) is 33.5. The van der Waals surface area contributed by atoms with Gasteiger partial charge in [-0.2, -0.15) is 6.08 Å². The molecule has 6 aromatic rings. The Hall–Kier alpha value is -2.96. The zero-order valence-corrected chi connectivity index (χ0v) is 28.1. The van der Waals surface area contributed by atoms with E-state index in [1.165, 1.54) is 43.4 Å². The van der Waals surface area contributed by atoms with Crippen LogP contribution in [0.5, 0.6) is 0 Å². The number of rotatable bonds is 4. The van der Waals surface area contributed by atoms with Crippen molar-refractivity contribution in [1.29, 1.82) is 0 Å². The SMILES string of the molecule is CC([C](=[Zr+2])C(C)c1ccccc1)c1ccccc1.Cl.Cl.[C-]1=CC=CC1.c1ccc2c(c1)ccc1c3ccccc3[cH-]c21. The summed E-state index contributed by atoms with van der Waals surface area (Å²) in [6, 6.07) is 45.5. The van der Waals surface area contributed by atoms with Crippen molar-refractivity contribution in [3.8, 4) is 0 Å². The van der Waals surface area contributed by atoms with Gasteiger partial charge in [-0.1, -0.05) is 65.4 Å². The molecule has 0 bridgehead atoms. The molecule has 0 aromatic heterocycles. The molecule has 0 amide bonds. The molecule has 0 N–H and O–H groups in total. The summed E-state index contributed by atoms with van der Waals surface area (Å²) in [5.74, 6) is 1.08. The number of hydrogen-bond donors (Lipinski definition) is 0. The Morgan fingerprint density at radius 2 is 1.19 bits per heavy atom. The third kappa shape index (κ3) is 8.11. The summed E-state index contributed by atoms with van der Waals surface area (Å²) >= 11 is 1.54. The van der Waals surface area contributed by atoms with Crippen LogP contribution >= 0.6 is 24.8 Å². The van der Waals surface area contributed by atoms with Crippen molar-refractivity contribution in [2.24, 2.45) is 0 Å². The minimum absolute atomic E-state index is 0. The van der Waals surface area contributed by atoms with Gasteiger partial charge >= 0.3 is 125 Å². The Morgan fingerprint density at radius 1 is 0.643 bits per heavy atom. The van der Waals surface area contributed by atoms with E-state index in [0.29, 0.717) is 11.8 Å². The van der Waals surface area contributed by atoms with Gasteiger partial charge < -0.3 is 0 Å². The molecule has 1 aliphatic rings. The number of hydrogen-bond acceptors (Lipinski definition) is 0. The Labute approximate surface area is 277 Å². The van der Waals surface area contributed by atoms with Crippen LogP contribution in [-0.2, 0) is 24.2 Å². The van der Waals surface area contributed by atoms with E-state index in [0.717, 1.165) is 6.42 Å². The van der Waals surface area contributed by atoms with E-state index in [2.05, 4.69) is 153 Å². The molecule has 6 aromatic carbocycles. The van der Waals surface area contributed by atoms with Gasteiger partial charge in [-0.25, -0.2) is 12.2 Å². The molecule has 0 heterocycles. The number of benzene rings is 5. The maximum Gasteiger partial charge on any atom is -0.0520 e. The van der Waals surface area contributed by atoms with Crippen LogP contribution in [0.3, 0.4) is 0 Å². The molecule has 3 heteroatoms. The standard InChI is InChI=1S/C17H11.C17H18.C5H5.2ClH.Zr/c1-3-7-14-12(5-1)9-10-16-15-8-4-2-6-13(15)11-17(14)16;1-14(16-9-5-3-6-10-16)13-15(2)17-11-7-4-8-12-17;1-2-4-5-3-1;;;/h1-11H;3-12,14-15H,1-2H3;1-3H,4H2;2*1H;/q-1;;-1;;;+2. The average molecular weight is 667 g/mol. The summed E-state index contributed by atoms with van der Waals surface area (Å²) in [5.41, 5.74) is 2.85. The molecule has 0 fully saturated rings. The van der Waals surface area contributed by atoms with Crippen LogP contribution in [0.25, 0.3) is 32.3 Å². The molecule has 0 saturated carbocycles. The maximum absolute atomic E-state index is 2.99. The summed E-state index contributed by atoms with van der Waals surface area (Å²) in [5, 5.41) is 8.08. The molecule has 0 nitrogen and oxygen atoms in total. The largest absolute Gasteiger partial charge is 0.273 e. The summed E-state index contributed by atoms with van der Waals surface area (Å²) in [7, 11) is 0. The van der Waals surface area contributed by atoms with Gasteiger partial charge in [-0.3, -0.25) is 6.08 Å². The zero-order valence-electron chi connectivity index (χ0n) is 24.0. The van der Waals surface area contributed by atoms with Crippen LogP contribution in [0.15, 0.2) is 146 Å². The Morgan fingerprint density at radius 3 is 1.74 bits per heavy atom. The molecule has 42 heavy (non-hydrogen) atoms. The summed E-state index contributed by atoms with van der Waals surface area (Å²) < 4.78 is 1.61. The van der Waals surface area contributed by atoms with Gasteiger partial charge in [0.2, 0.25) is 0 Å². The fraction of sp³-hybridized carbons (Fsp3) is 0.128. The molecule has 210 valence electrons. The Bertz CT molecular complexity index is 1710. The van der Waals surface area contributed by atoms with E-state index in [-0.39, 0.29) is 24.8 Å². The van der Waals surface area contributed by atoms with Crippen molar-refractivity contribution in [3.05, 3.63) is 163 Å². The quantitative estimate of drug-likeness (QED) is 0.164. The van der Waals surface area contributed by atoms with Crippen molar-refractivity contribution in [2.45, 2.75) is 32.1 Å². The van der Waals surface area contributed by atoms with Gasteiger partial charge in [0.1, 0.15) is 0 Å². The molecule has 0 radical (unpaired) electrons. The molecular formula is C39H36Cl2Zr. The normalized spacial score (nSPS) is 12.8. The second-order valence-corrected chi connectivity index (χ2v) is 11.6. The van der Waals surface area contributed by atoms with Gasteiger partial charge in [0.25, 0.3) is 0 Å². The van der Waals surface area contributed by atoms with Crippen LogP contribution in [0, 0.1) is 6.08 Å². The number of halogens is 2. The molecule has 0 saturated heterocycles. The fourth-order valence-corrected chi connectivity index (χ4v) is 6.09. The van der Waals surface area contributed by atoms with Gasteiger partial charge in [-0.15, -0.1) is 64.9 Å². The van der Waals surface area contributed by atoms with E-state index in [9.17, 15) is 0 Å². The van der Waals surface area contributed by atoms with Crippen molar-refractivity contribution in [3.63, 3.8) is 0 Å². The van der Waals surface area contributed by atoms with E-state index < -0.39 is 0 Å². The third-order valence-electron chi connectivity index (χ3n) is 7.64. The predicted octanol–water partition coefficient (Wildman–Crippen LogP) is 11.3.